The van der Waals surface area contributed by atoms with Gasteiger partial charge in [-0.1, -0.05) is 32.9 Å². The minimum absolute atomic E-state index is 0.116. The molecule has 0 aliphatic carbocycles. The maximum absolute atomic E-state index is 5.73. The van der Waals surface area contributed by atoms with Gasteiger partial charge in [0.25, 0.3) is 0 Å². The van der Waals surface area contributed by atoms with Gasteiger partial charge in [-0.25, -0.2) is 15.8 Å². The van der Waals surface area contributed by atoms with Gasteiger partial charge in [0.2, 0.25) is 5.88 Å². The van der Waals surface area contributed by atoms with Crippen molar-refractivity contribution in [3.05, 3.63) is 40.6 Å². The van der Waals surface area contributed by atoms with Crippen LogP contribution >= 0.6 is 15.9 Å². The number of benzene rings is 1. The molecular weight excluding hydrogens is 320 g/mol. The highest BCUT2D eigenvalue weighted by molar-refractivity contribution is 9.10. The van der Waals surface area contributed by atoms with Gasteiger partial charge in [0.05, 0.1) is 0 Å². The van der Waals surface area contributed by atoms with Crippen LogP contribution in [0.4, 0.5) is 5.82 Å². The summed E-state index contributed by atoms with van der Waals surface area (Å²) in [5.41, 5.74) is 3.83. The fourth-order valence-corrected chi connectivity index (χ4v) is 2.06. The zero-order chi connectivity index (χ0) is 14.8. The van der Waals surface area contributed by atoms with Gasteiger partial charge < -0.3 is 10.2 Å². The van der Waals surface area contributed by atoms with Crippen LogP contribution in [-0.2, 0) is 5.41 Å². The van der Waals surface area contributed by atoms with E-state index in [0.29, 0.717) is 21.9 Å². The smallest absolute Gasteiger partial charge is 0.238 e. The molecule has 0 fully saturated rings. The average Bonchev–Trinajstić information content (AvgIpc) is 2.41. The van der Waals surface area contributed by atoms with Crippen LogP contribution in [0.1, 0.15) is 26.3 Å². The number of hydrazine groups is 1. The molecule has 0 spiro atoms. The zero-order valence-electron chi connectivity index (χ0n) is 11.6. The van der Waals surface area contributed by atoms with Crippen molar-refractivity contribution in [2.75, 3.05) is 5.43 Å². The van der Waals surface area contributed by atoms with Crippen LogP contribution in [0.2, 0.25) is 0 Å². The van der Waals surface area contributed by atoms with Crippen LogP contribution in [0, 0.1) is 0 Å². The number of rotatable bonds is 3. The summed E-state index contributed by atoms with van der Waals surface area (Å²) in [6.45, 7) is 6.51. The Morgan fingerprint density at radius 3 is 2.35 bits per heavy atom. The molecule has 0 saturated heterocycles. The Morgan fingerprint density at radius 1 is 1.15 bits per heavy atom. The van der Waals surface area contributed by atoms with Gasteiger partial charge in [-0.2, -0.15) is 0 Å². The van der Waals surface area contributed by atoms with Gasteiger partial charge >= 0.3 is 0 Å². The Hall–Kier alpha value is -1.66. The van der Waals surface area contributed by atoms with E-state index in [1.165, 1.54) is 11.9 Å². The summed E-state index contributed by atoms with van der Waals surface area (Å²) in [5, 5.41) is 0. The lowest BCUT2D eigenvalue weighted by molar-refractivity contribution is 0.457. The molecule has 0 aliphatic heterocycles. The highest BCUT2D eigenvalue weighted by Gasteiger charge is 2.14. The second-order valence-electron chi connectivity index (χ2n) is 5.36. The lowest BCUT2D eigenvalue weighted by Gasteiger charge is -2.19. The van der Waals surface area contributed by atoms with E-state index < -0.39 is 0 Å². The molecule has 20 heavy (non-hydrogen) atoms. The first-order valence-electron chi connectivity index (χ1n) is 6.17. The van der Waals surface area contributed by atoms with Gasteiger partial charge in [0.1, 0.15) is 16.5 Å². The van der Waals surface area contributed by atoms with Crippen LogP contribution in [-0.4, -0.2) is 9.97 Å². The first kappa shape index (κ1) is 14.7. The number of aromatic nitrogens is 2. The molecule has 106 valence electrons. The molecule has 3 N–H and O–H groups in total. The van der Waals surface area contributed by atoms with Crippen molar-refractivity contribution in [1.29, 1.82) is 0 Å². The maximum atomic E-state index is 5.73. The number of ether oxygens (including phenoxy) is 1. The minimum atomic E-state index is 0.116. The number of anilines is 1. The van der Waals surface area contributed by atoms with E-state index in [1.54, 1.807) is 0 Å². The lowest BCUT2D eigenvalue weighted by atomic mass is 9.87. The number of halogens is 1. The minimum Gasteiger partial charge on any atom is -0.438 e. The number of hydrogen-bond acceptors (Lipinski definition) is 5. The van der Waals surface area contributed by atoms with E-state index in [2.05, 4.69) is 52.1 Å². The molecule has 2 rings (SSSR count). The van der Waals surface area contributed by atoms with E-state index in [4.69, 9.17) is 10.6 Å². The van der Waals surface area contributed by atoms with Crippen LogP contribution in [0.25, 0.3) is 0 Å². The summed E-state index contributed by atoms with van der Waals surface area (Å²) in [4.78, 5) is 8.05. The van der Waals surface area contributed by atoms with Crippen LogP contribution < -0.4 is 16.0 Å². The zero-order valence-corrected chi connectivity index (χ0v) is 13.2. The Balaban J connectivity index is 2.23. The highest BCUT2D eigenvalue weighted by atomic mass is 79.9. The predicted octanol–water partition coefficient (Wildman–Crippen LogP) is 3.61. The number of nitrogens with two attached hydrogens (primary N) is 1. The van der Waals surface area contributed by atoms with E-state index in [9.17, 15) is 0 Å². The van der Waals surface area contributed by atoms with Crippen molar-refractivity contribution in [1.82, 2.24) is 9.97 Å². The molecule has 0 atom stereocenters. The number of nitrogen functional groups attached to an aromatic ring is 1. The molecule has 0 bridgehead atoms. The summed E-state index contributed by atoms with van der Waals surface area (Å²) in [6.07, 6.45) is 1.39. The number of hydrogen-bond donors (Lipinski definition) is 2. The molecule has 5 nitrogen and oxygen atoms in total. The third-order valence-electron chi connectivity index (χ3n) is 2.83. The van der Waals surface area contributed by atoms with Gasteiger partial charge in [-0.3, -0.25) is 0 Å². The molecule has 0 saturated carbocycles. The first-order valence-corrected chi connectivity index (χ1v) is 6.96. The molecule has 2 aromatic rings. The summed E-state index contributed by atoms with van der Waals surface area (Å²) < 4.78 is 6.31. The van der Waals surface area contributed by atoms with Gasteiger partial charge in [0.15, 0.2) is 5.82 Å². The van der Waals surface area contributed by atoms with Crippen LogP contribution in [0.15, 0.2) is 35.1 Å². The molecule has 1 aromatic carbocycles. The lowest BCUT2D eigenvalue weighted by Crippen LogP contribution is -2.10. The predicted molar refractivity (Wildman–Crippen MR) is 82.8 cm³/mol. The van der Waals surface area contributed by atoms with Crippen molar-refractivity contribution in [2.45, 2.75) is 26.2 Å². The average molecular weight is 337 g/mol. The SMILES string of the molecule is CC(C)(C)c1ccc(Oc2ncnc(NN)c2Br)cc1. The summed E-state index contributed by atoms with van der Waals surface area (Å²) in [7, 11) is 0. The monoisotopic (exact) mass is 336 g/mol. The molecule has 1 heterocycles. The largest absolute Gasteiger partial charge is 0.438 e. The standard InChI is InChI=1S/C14H17BrN4O/c1-14(2,3)9-4-6-10(7-5-9)20-13-11(15)12(19-16)17-8-18-13/h4-8H,16H2,1-3H3,(H,17,18,19). The van der Waals surface area contributed by atoms with Crippen molar-refractivity contribution in [3.63, 3.8) is 0 Å². The molecule has 0 radical (unpaired) electrons. The van der Waals surface area contributed by atoms with E-state index >= 15 is 0 Å². The third-order valence-corrected chi connectivity index (χ3v) is 3.54. The number of nitrogens with one attached hydrogen (secondary N) is 1. The van der Waals surface area contributed by atoms with E-state index in [1.807, 2.05) is 24.3 Å². The molecule has 0 unspecified atom stereocenters. The second-order valence-corrected chi connectivity index (χ2v) is 6.16. The molecule has 0 aliphatic rings. The summed E-state index contributed by atoms with van der Waals surface area (Å²) in [5.74, 6) is 6.95. The third kappa shape index (κ3) is 3.26. The molecule has 1 aromatic heterocycles. The van der Waals surface area contributed by atoms with Crippen LogP contribution in [0.5, 0.6) is 11.6 Å². The Labute approximate surface area is 126 Å². The van der Waals surface area contributed by atoms with E-state index in [-0.39, 0.29) is 5.41 Å². The topological polar surface area (TPSA) is 73.1 Å². The summed E-state index contributed by atoms with van der Waals surface area (Å²) >= 11 is 3.35. The molecular formula is C14H17BrN4O. The van der Waals surface area contributed by atoms with E-state index in [0.717, 1.165) is 0 Å². The maximum Gasteiger partial charge on any atom is 0.238 e. The quantitative estimate of drug-likeness (QED) is 0.661. The second kappa shape index (κ2) is 5.76. The van der Waals surface area contributed by atoms with Gasteiger partial charge in [-0.05, 0) is 39.0 Å². The first-order chi connectivity index (χ1) is 9.41. The molecule has 0 amide bonds. The van der Waals surface area contributed by atoms with Crippen molar-refractivity contribution in [3.8, 4) is 11.6 Å². The Morgan fingerprint density at radius 2 is 1.80 bits per heavy atom. The number of nitrogens with zero attached hydrogens (tertiary/aromatic N) is 2. The van der Waals surface area contributed by atoms with Crippen molar-refractivity contribution < 1.29 is 4.74 Å². The molecule has 6 heteroatoms. The van der Waals surface area contributed by atoms with Crippen molar-refractivity contribution in [2.24, 2.45) is 5.84 Å². The van der Waals surface area contributed by atoms with Crippen LogP contribution in [0.3, 0.4) is 0 Å². The van der Waals surface area contributed by atoms with Crippen molar-refractivity contribution >= 4 is 21.7 Å². The fraction of sp³-hybridized carbons (Fsp3) is 0.286. The Bertz CT molecular complexity index is 593. The summed E-state index contributed by atoms with van der Waals surface area (Å²) in [6, 6.07) is 7.94. The normalized spacial score (nSPS) is 11.2. The van der Waals surface area contributed by atoms with Gasteiger partial charge in [-0.15, -0.1) is 0 Å². The van der Waals surface area contributed by atoms with Gasteiger partial charge in [0, 0.05) is 0 Å². The Kier molecular flexibility index (Phi) is 4.25. The highest BCUT2D eigenvalue weighted by Crippen LogP contribution is 2.32. The fourth-order valence-electron chi connectivity index (χ4n) is 1.66.